The molecule has 0 bridgehead atoms. The van der Waals surface area contributed by atoms with Gasteiger partial charge in [0, 0.05) is 20.1 Å². The van der Waals surface area contributed by atoms with Crippen LogP contribution in [0.1, 0.15) is 29.7 Å². The van der Waals surface area contributed by atoms with Crippen LogP contribution >= 0.6 is 31.9 Å². The zero-order valence-electron chi connectivity index (χ0n) is 14.9. The zero-order valence-corrected chi connectivity index (χ0v) is 18.1. The van der Waals surface area contributed by atoms with Gasteiger partial charge in [0.25, 0.3) is 5.78 Å². The van der Waals surface area contributed by atoms with E-state index in [1.54, 1.807) is 6.33 Å². The van der Waals surface area contributed by atoms with Crippen LogP contribution in [0.3, 0.4) is 0 Å². The number of halogens is 2. The molecule has 0 spiro atoms. The number of aromatic nitrogens is 4. The van der Waals surface area contributed by atoms with Gasteiger partial charge in [-0.1, -0.05) is 56.1 Å². The SMILES string of the molecule is Brc1ccc(/C=C2/CCCc3c2nc2ncnn2c3-c2ccc(Br)cc2)cc1. The lowest BCUT2D eigenvalue weighted by molar-refractivity contribution is 0.792. The maximum absolute atomic E-state index is 4.88. The molecule has 0 aliphatic heterocycles. The average Bonchev–Trinajstić information content (AvgIpc) is 3.17. The highest BCUT2D eigenvalue weighted by molar-refractivity contribution is 9.10. The van der Waals surface area contributed by atoms with Crippen molar-refractivity contribution in [3.8, 4) is 11.3 Å². The Morgan fingerprint density at radius 2 is 1.61 bits per heavy atom. The fraction of sp³-hybridized carbons (Fsp3) is 0.136. The molecule has 4 aromatic rings. The number of allylic oxidation sites excluding steroid dienone is 1. The van der Waals surface area contributed by atoms with Crippen molar-refractivity contribution in [3.63, 3.8) is 0 Å². The summed E-state index contributed by atoms with van der Waals surface area (Å²) in [7, 11) is 0. The van der Waals surface area contributed by atoms with Crippen molar-refractivity contribution >= 4 is 49.3 Å². The highest BCUT2D eigenvalue weighted by atomic mass is 79.9. The van der Waals surface area contributed by atoms with Crippen LogP contribution in [0, 0.1) is 0 Å². The molecular formula is C22H16Br2N4. The molecule has 1 aliphatic rings. The Labute approximate surface area is 179 Å². The lowest BCUT2D eigenvalue weighted by Gasteiger charge is -2.22. The van der Waals surface area contributed by atoms with Gasteiger partial charge >= 0.3 is 0 Å². The highest BCUT2D eigenvalue weighted by Crippen LogP contribution is 2.37. The summed E-state index contributed by atoms with van der Waals surface area (Å²) in [5.41, 5.74) is 6.95. The Morgan fingerprint density at radius 1 is 0.893 bits per heavy atom. The second-order valence-electron chi connectivity index (χ2n) is 6.84. The van der Waals surface area contributed by atoms with Crippen LogP contribution in [-0.2, 0) is 6.42 Å². The van der Waals surface area contributed by atoms with E-state index in [1.165, 1.54) is 16.7 Å². The topological polar surface area (TPSA) is 43.1 Å². The Hall–Kier alpha value is -2.31. The summed E-state index contributed by atoms with van der Waals surface area (Å²) < 4.78 is 4.01. The van der Waals surface area contributed by atoms with Gasteiger partial charge in [-0.15, -0.1) is 0 Å². The summed E-state index contributed by atoms with van der Waals surface area (Å²) in [6.07, 6.45) is 6.92. The molecule has 0 radical (unpaired) electrons. The van der Waals surface area contributed by atoms with Crippen molar-refractivity contribution in [3.05, 3.63) is 80.6 Å². The molecule has 0 saturated heterocycles. The lowest BCUT2D eigenvalue weighted by atomic mass is 9.87. The summed E-state index contributed by atoms with van der Waals surface area (Å²) in [6, 6.07) is 16.7. The van der Waals surface area contributed by atoms with E-state index in [1.807, 2.05) is 4.52 Å². The summed E-state index contributed by atoms with van der Waals surface area (Å²) >= 11 is 7.03. The first-order chi connectivity index (χ1) is 13.7. The van der Waals surface area contributed by atoms with Crippen molar-refractivity contribution in [1.29, 1.82) is 0 Å². The Bertz CT molecular complexity index is 1190. The van der Waals surface area contributed by atoms with E-state index < -0.39 is 0 Å². The summed E-state index contributed by atoms with van der Waals surface area (Å²) in [4.78, 5) is 9.26. The number of fused-ring (bicyclic) bond motifs is 2. The van der Waals surface area contributed by atoms with Gasteiger partial charge < -0.3 is 0 Å². The van der Waals surface area contributed by atoms with Crippen molar-refractivity contribution in [2.75, 3.05) is 0 Å². The molecule has 28 heavy (non-hydrogen) atoms. The van der Waals surface area contributed by atoms with Crippen LogP contribution in [0.25, 0.3) is 28.7 Å². The molecule has 1 aliphatic carbocycles. The molecule has 5 rings (SSSR count). The minimum atomic E-state index is 0.639. The van der Waals surface area contributed by atoms with Crippen LogP contribution in [-0.4, -0.2) is 19.6 Å². The molecule has 0 saturated carbocycles. The maximum Gasteiger partial charge on any atom is 0.253 e. The van der Waals surface area contributed by atoms with Gasteiger partial charge in [0.1, 0.15) is 6.33 Å². The van der Waals surface area contributed by atoms with Crippen LogP contribution in [0.4, 0.5) is 0 Å². The van der Waals surface area contributed by atoms with Gasteiger partial charge in [0.05, 0.1) is 11.4 Å². The van der Waals surface area contributed by atoms with Crippen molar-refractivity contribution in [1.82, 2.24) is 19.6 Å². The second kappa shape index (κ2) is 7.26. The molecule has 2 aromatic heterocycles. The monoisotopic (exact) mass is 494 g/mol. The van der Waals surface area contributed by atoms with Crippen LogP contribution in [0.5, 0.6) is 0 Å². The van der Waals surface area contributed by atoms with E-state index in [0.717, 1.165) is 45.2 Å². The summed E-state index contributed by atoms with van der Waals surface area (Å²) in [5, 5.41) is 4.45. The predicted octanol–water partition coefficient (Wildman–Crippen LogP) is 6.19. The predicted molar refractivity (Wildman–Crippen MR) is 119 cm³/mol. The molecule has 138 valence electrons. The minimum absolute atomic E-state index is 0.639. The van der Waals surface area contributed by atoms with Crippen molar-refractivity contribution in [2.24, 2.45) is 0 Å². The lowest BCUT2D eigenvalue weighted by Crippen LogP contribution is -2.11. The largest absolute Gasteiger partial charge is 0.253 e. The molecule has 4 nitrogen and oxygen atoms in total. The van der Waals surface area contributed by atoms with E-state index in [9.17, 15) is 0 Å². The molecule has 2 aromatic carbocycles. The van der Waals surface area contributed by atoms with E-state index in [-0.39, 0.29) is 0 Å². The molecule has 6 heteroatoms. The van der Waals surface area contributed by atoms with E-state index in [2.05, 4.69) is 96.5 Å². The number of rotatable bonds is 2. The minimum Gasteiger partial charge on any atom is -0.211 e. The number of benzene rings is 2. The number of hydrogen-bond donors (Lipinski definition) is 0. The number of nitrogens with zero attached hydrogens (tertiary/aromatic N) is 4. The first kappa shape index (κ1) is 17.8. The van der Waals surface area contributed by atoms with Gasteiger partial charge in [0.15, 0.2) is 0 Å². The van der Waals surface area contributed by atoms with Gasteiger partial charge in [-0.05, 0) is 60.7 Å². The fourth-order valence-corrected chi connectivity index (χ4v) is 4.29. The normalized spacial score (nSPS) is 15.1. The summed E-state index contributed by atoms with van der Waals surface area (Å²) in [5.74, 6) is 0.639. The van der Waals surface area contributed by atoms with Gasteiger partial charge in [0.2, 0.25) is 0 Å². The molecule has 0 amide bonds. The Kier molecular flexibility index (Phi) is 4.61. The quantitative estimate of drug-likeness (QED) is 0.333. The molecule has 0 atom stereocenters. The third-order valence-corrected chi connectivity index (χ3v) is 6.09. The van der Waals surface area contributed by atoms with Crippen LogP contribution in [0.15, 0.2) is 63.8 Å². The van der Waals surface area contributed by atoms with Gasteiger partial charge in [-0.2, -0.15) is 14.6 Å². The Morgan fingerprint density at radius 3 is 2.36 bits per heavy atom. The maximum atomic E-state index is 4.88. The molecular weight excluding hydrogens is 480 g/mol. The standard InChI is InChI=1S/C22H16Br2N4/c23-17-8-4-14(5-9-17)12-16-2-1-3-19-20(16)27-22-25-13-26-28(22)21(19)15-6-10-18(24)11-7-15/h4-13H,1-3H2/b16-12-. The average molecular weight is 496 g/mol. The number of hydrogen-bond acceptors (Lipinski definition) is 3. The molecule has 0 fully saturated rings. The van der Waals surface area contributed by atoms with Gasteiger partial charge in [-0.25, -0.2) is 4.98 Å². The summed E-state index contributed by atoms with van der Waals surface area (Å²) in [6.45, 7) is 0. The molecule has 2 heterocycles. The Balaban J connectivity index is 1.73. The van der Waals surface area contributed by atoms with Crippen LogP contribution in [0.2, 0.25) is 0 Å². The first-order valence-electron chi connectivity index (χ1n) is 9.14. The van der Waals surface area contributed by atoms with Crippen molar-refractivity contribution < 1.29 is 0 Å². The first-order valence-corrected chi connectivity index (χ1v) is 10.7. The molecule has 0 N–H and O–H groups in total. The van der Waals surface area contributed by atoms with Crippen LogP contribution < -0.4 is 0 Å². The highest BCUT2D eigenvalue weighted by Gasteiger charge is 2.23. The second-order valence-corrected chi connectivity index (χ2v) is 8.67. The van der Waals surface area contributed by atoms with Crippen molar-refractivity contribution in [2.45, 2.75) is 19.3 Å². The third kappa shape index (κ3) is 3.20. The third-order valence-electron chi connectivity index (χ3n) is 5.03. The fourth-order valence-electron chi connectivity index (χ4n) is 3.76. The molecule has 0 unspecified atom stereocenters. The smallest absolute Gasteiger partial charge is 0.211 e. The van der Waals surface area contributed by atoms with E-state index in [4.69, 9.17) is 4.98 Å². The zero-order chi connectivity index (χ0) is 19.1. The van der Waals surface area contributed by atoms with Gasteiger partial charge in [-0.3, -0.25) is 0 Å². The van der Waals surface area contributed by atoms with E-state index in [0.29, 0.717) is 5.78 Å². The van der Waals surface area contributed by atoms with E-state index >= 15 is 0 Å².